The highest BCUT2D eigenvalue weighted by Crippen LogP contribution is 2.29. The highest BCUT2D eigenvalue weighted by atomic mass is 32.1. The van der Waals surface area contributed by atoms with Crippen molar-refractivity contribution in [1.82, 2.24) is 14.9 Å². The van der Waals surface area contributed by atoms with E-state index in [0.717, 1.165) is 50.2 Å². The first kappa shape index (κ1) is 16.1. The number of amides is 1. The number of carbonyl (C=O) groups excluding carboxylic acids is 1. The number of hydrogen-bond donors (Lipinski definition) is 0. The molecule has 3 heterocycles. The summed E-state index contributed by atoms with van der Waals surface area (Å²) in [6.07, 6.45) is 6.38. The predicted octanol–water partition coefficient (Wildman–Crippen LogP) is 3.58. The van der Waals surface area contributed by atoms with Gasteiger partial charge in [0.05, 0.1) is 5.01 Å². The van der Waals surface area contributed by atoms with Crippen LogP contribution >= 0.6 is 11.3 Å². The summed E-state index contributed by atoms with van der Waals surface area (Å²) < 4.78 is 0. The summed E-state index contributed by atoms with van der Waals surface area (Å²) in [6, 6.07) is 5.93. The van der Waals surface area contributed by atoms with Crippen LogP contribution in [0, 0.1) is 6.92 Å². The van der Waals surface area contributed by atoms with Crippen molar-refractivity contribution in [2.45, 2.75) is 44.9 Å². The number of piperidine rings is 1. The third-order valence-electron chi connectivity index (χ3n) is 4.31. The van der Waals surface area contributed by atoms with E-state index in [2.05, 4.69) is 15.3 Å². The van der Waals surface area contributed by atoms with Crippen LogP contribution in [-0.2, 0) is 11.2 Å². The van der Waals surface area contributed by atoms with Crippen LogP contribution in [0.25, 0.3) is 0 Å². The Balaban J connectivity index is 1.49. The van der Waals surface area contributed by atoms with Gasteiger partial charge >= 0.3 is 0 Å². The maximum Gasteiger partial charge on any atom is 0.222 e. The van der Waals surface area contributed by atoms with E-state index in [-0.39, 0.29) is 5.91 Å². The fraction of sp³-hybridized carbons (Fsp3) is 0.500. The van der Waals surface area contributed by atoms with E-state index in [4.69, 9.17) is 0 Å². The van der Waals surface area contributed by atoms with Crippen LogP contribution in [0.5, 0.6) is 0 Å². The first-order valence-corrected chi connectivity index (χ1v) is 9.20. The van der Waals surface area contributed by atoms with E-state index in [1.165, 1.54) is 5.01 Å². The predicted molar refractivity (Wildman–Crippen MR) is 92.6 cm³/mol. The molecule has 2 aromatic rings. The summed E-state index contributed by atoms with van der Waals surface area (Å²) in [6.45, 7) is 3.75. The Bertz CT molecular complexity index is 641. The number of pyridine rings is 1. The van der Waals surface area contributed by atoms with Crippen LogP contribution in [-0.4, -0.2) is 33.9 Å². The zero-order valence-corrected chi connectivity index (χ0v) is 14.4. The van der Waals surface area contributed by atoms with Gasteiger partial charge in [0.15, 0.2) is 0 Å². The molecule has 0 aromatic carbocycles. The lowest BCUT2D eigenvalue weighted by atomic mass is 9.98. The maximum atomic E-state index is 12.5. The van der Waals surface area contributed by atoms with Crippen molar-refractivity contribution in [2.75, 3.05) is 13.1 Å². The first-order valence-electron chi connectivity index (χ1n) is 8.32. The number of rotatable bonds is 5. The van der Waals surface area contributed by atoms with E-state index < -0.39 is 0 Å². The Hall–Kier alpha value is -1.75. The highest BCUT2D eigenvalue weighted by molar-refractivity contribution is 7.09. The molecule has 0 spiro atoms. The standard InChI is InChI=1S/C18H23N3OS/c1-14-13-23-18(20-14)15-6-5-11-21(12-15)17(22)9-4-8-16-7-2-3-10-19-16/h2-3,7,10,13,15H,4-6,8-9,11-12H2,1H3/t15-/m1/s1. The Morgan fingerprint density at radius 2 is 2.35 bits per heavy atom. The summed E-state index contributed by atoms with van der Waals surface area (Å²) in [5.74, 6) is 0.695. The second-order valence-corrected chi connectivity index (χ2v) is 7.07. The first-order chi connectivity index (χ1) is 11.2. The highest BCUT2D eigenvalue weighted by Gasteiger charge is 2.26. The molecule has 4 nitrogen and oxygen atoms in total. The largest absolute Gasteiger partial charge is 0.342 e. The minimum absolute atomic E-state index is 0.277. The zero-order valence-electron chi connectivity index (χ0n) is 13.6. The minimum atomic E-state index is 0.277. The van der Waals surface area contributed by atoms with Gasteiger partial charge in [0.1, 0.15) is 0 Å². The molecule has 1 saturated heterocycles. The molecular weight excluding hydrogens is 306 g/mol. The summed E-state index contributed by atoms with van der Waals surface area (Å²) in [4.78, 5) is 23.4. The van der Waals surface area contributed by atoms with Crippen LogP contribution in [0.15, 0.2) is 29.8 Å². The van der Waals surface area contributed by atoms with E-state index in [1.807, 2.05) is 36.2 Å². The third kappa shape index (κ3) is 4.38. The molecule has 122 valence electrons. The molecule has 1 amide bonds. The molecular formula is C18H23N3OS. The summed E-state index contributed by atoms with van der Waals surface area (Å²) in [5.41, 5.74) is 2.15. The molecule has 5 heteroatoms. The van der Waals surface area contributed by atoms with Gasteiger partial charge in [0.25, 0.3) is 0 Å². The summed E-state index contributed by atoms with van der Waals surface area (Å²) in [5, 5.41) is 3.29. The van der Waals surface area contributed by atoms with Crippen LogP contribution < -0.4 is 0 Å². The van der Waals surface area contributed by atoms with Gasteiger partial charge in [-0.2, -0.15) is 0 Å². The summed E-state index contributed by atoms with van der Waals surface area (Å²) in [7, 11) is 0. The molecule has 0 saturated carbocycles. The molecule has 1 atom stereocenters. The molecule has 3 rings (SSSR count). The average molecular weight is 329 g/mol. The maximum absolute atomic E-state index is 12.5. The molecule has 0 unspecified atom stereocenters. The monoisotopic (exact) mass is 329 g/mol. The van der Waals surface area contributed by atoms with Crippen LogP contribution in [0.4, 0.5) is 0 Å². The Kier molecular flexibility index (Phi) is 5.39. The fourth-order valence-corrected chi connectivity index (χ4v) is 4.02. The smallest absolute Gasteiger partial charge is 0.222 e. The molecule has 0 radical (unpaired) electrons. The van der Waals surface area contributed by atoms with Crippen molar-refractivity contribution in [3.8, 4) is 0 Å². The molecule has 0 N–H and O–H groups in total. The number of likely N-dealkylation sites (tertiary alicyclic amines) is 1. The number of carbonyl (C=O) groups is 1. The van der Waals surface area contributed by atoms with Gasteiger partial charge in [-0.05, 0) is 44.7 Å². The van der Waals surface area contributed by atoms with Crippen LogP contribution in [0.2, 0.25) is 0 Å². The fourth-order valence-electron chi connectivity index (χ4n) is 3.09. The molecule has 1 fully saturated rings. The number of nitrogens with zero attached hydrogens (tertiary/aromatic N) is 3. The normalized spacial score (nSPS) is 18.1. The lowest BCUT2D eigenvalue weighted by molar-refractivity contribution is -0.132. The average Bonchev–Trinajstić information content (AvgIpc) is 3.02. The quantitative estimate of drug-likeness (QED) is 0.842. The molecule has 0 aliphatic carbocycles. The van der Waals surface area contributed by atoms with Crippen molar-refractivity contribution in [3.63, 3.8) is 0 Å². The second kappa shape index (κ2) is 7.68. The molecule has 1 aliphatic heterocycles. The van der Waals surface area contributed by atoms with Gasteiger partial charge in [-0.1, -0.05) is 6.07 Å². The molecule has 2 aromatic heterocycles. The lowest BCUT2D eigenvalue weighted by Gasteiger charge is -2.32. The minimum Gasteiger partial charge on any atom is -0.342 e. The van der Waals surface area contributed by atoms with Gasteiger partial charge in [-0.15, -0.1) is 11.3 Å². The SMILES string of the molecule is Cc1csc([C@@H]2CCCN(C(=O)CCCc3ccccn3)C2)n1. The van der Waals surface area contributed by atoms with E-state index in [0.29, 0.717) is 12.3 Å². The summed E-state index contributed by atoms with van der Waals surface area (Å²) >= 11 is 1.73. The second-order valence-electron chi connectivity index (χ2n) is 6.18. The topological polar surface area (TPSA) is 46.1 Å². The molecule has 23 heavy (non-hydrogen) atoms. The third-order valence-corrected chi connectivity index (χ3v) is 5.43. The Morgan fingerprint density at radius 1 is 1.43 bits per heavy atom. The Labute approximate surface area is 141 Å². The van der Waals surface area contributed by atoms with Gasteiger partial charge in [0, 0.05) is 48.4 Å². The van der Waals surface area contributed by atoms with Crippen molar-refractivity contribution in [1.29, 1.82) is 0 Å². The zero-order chi connectivity index (χ0) is 16.1. The van der Waals surface area contributed by atoms with Crippen LogP contribution in [0.3, 0.4) is 0 Å². The van der Waals surface area contributed by atoms with E-state index in [1.54, 1.807) is 11.3 Å². The van der Waals surface area contributed by atoms with Gasteiger partial charge in [-0.3, -0.25) is 9.78 Å². The van der Waals surface area contributed by atoms with Crippen molar-refractivity contribution < 1.29 is 4.79 Å². The number of aromatic nitrogens is 2. The number of hydrogen-bond acceptors (Lipinski definition) is 4. The van der Waals surface area contributed by atoms with E-state index >= 15 is 0 Å². The van der Waals surface area contributed by atoms with E-state index in [9.17, 15) is 4.79 Å². The number of aryl methyl sites for hydroxylation is 2. The van der Waals surface area contributed by atoms with Crippen molar-refractivity contribution in [3.05, 3.63) is 46.2 Å². The Morgan fingerprint density at radius 3 is 3.09 bits per heavy atom. The van der Waals surface area contributed by atoms with Gasteiger partial charge in [0.2, 0.25) is 5.91 Å². The van der Waals surface area contributed by atoms with Crippen molar-refractivity contribution >= 4 is 17.2 Å². The van der Waals surface area contributed by atoms with Crippen molar-refractivity contribution in [2.24, 2.45) is 0 Å². The van der Waals surface area contributed by atoms with Gasteiger partial charge in [-0.25, -0.2) is 4.98 Å². The molecule has 1 aliphatic rings. The van der Waals surface area contributed by atoms with Crippen LogP contribution in [0.1, 0.15) is 48.0 Å². The van der Waals surface area contributed by atoms with Gasteiger partial charge < -0.3 is 4.90 Å². The molecule has 0 bridgehead atoms. The number of thiazole rings is 1. The lowest BCUT2D eigenvalue weighted by Crippen LogP contribution is -2.39.